The molecule has 0 atom stereocenters. The van der Waals surface area contributed by atoms with Gasteiger partial charge in [0.15, 0.2) is 17.3 Å². The Morgan fingerprint density at radius 3 is 2.86 bits per heavy atom. The normalized spacial score (nSPS) is 12.5. The van der Waals surface area contributed by atoms with E-state index in [0.717, 1.165) is 40.5 Å². The average molecular weight is 405 g/mol. The fourth-order valence-electron chi connectivity index (χ4n) is 3.33. The van der Waals surface area contributed by atoms with Gasteiger partial charge in [-0.15, -0.1) is 11.3 Å². The van der Waals surface area contributed by atoms with Gasteiger partial charge in [-0.2, -0.15) is 0 Å². The van der Waals surface area contributed by atoms with E-state index in [9.17, 15) is 0 Å². The van der Waals surface area contributed by atoms with Gasteiger partial charge in [-0.25, -0.2) is 15.0 Å². The van der Waals surface area contributed by atoms with E-state index >= 15 is 0 Å². The van der Waals surface area contributed by atoms with E-state index < -0.39 is 0 Å². The van der Waals surface area contributed by atoms with Crippen molar-refractivity contribution in [3.63, 3.8) is 0 Å². The molecule has 1 aromatic carbocycles. The third-order valence-corrected chi connectivity index (χ3v) is 6.07. The molecule has 5 rings (SSSR count). The number of benzene rings is 1. The summed E-state index contributed by atoms with van der Waals surface area (Å²) in [4.78, 5) is 20.2. The first-order valence-corrected chi connectivity index (χ1v) is 10.2. The summed E-state index contributed by atoms with van der Waals surface area (Å²) in [6, 6.07) is 6.05. The molecule has 3 aromatic heterocycles. The van der Waals surface area contributed by atoms with Crippen molar-refractivity contribution in [1.29, 1.82) is 0 Å². The predicted molar refractivity (Wildman–Crippen MR) is 113 cm³/mol. The highest BCUT2D eigenvalue weighted by atomic mass is 32.1. The molecule has 0 radical (unpaired) electrons. The van der Waals surface area contributed by atoms with Gasteiger partial charge < -0.3 is 14.8 Å². The summed E-state index contributed by atoms with van der Waals surface area (Å²) in [5.74, 6) is 3.02. The van der Waals surface area contributed by atoms with Crippen molar-refractivity contribution in [2.24, 2.45) is 0 Å². The van der Waals surface area contributed by atoms with Crippen LogP contribution in [-0.4, -0.2) is 33.3 Å². The van der Waals surface area contributed by atoms with Crippen molar-refractivity contribution in [3.8, 4) is 23.0 Å². The molecule has 0 fully saturated rings. The molecule has 0 aliphatic carbocycles. The lowest BCUT2D eigenvalue weighted by atomic mass is 10.1. The lowest BCUT2D eigenvalue weighted by Gasteiger charge is -2.10. The molecule has 8 heteroatoms. The summed E-state index contributed by atoms with van der Waals surface area (Å²) in [5, 5.41) is 4.58. The Balaban J connectivity index is 1.43. The van der Waals surface area contributed by atoms with Crippen LogP contribution in [0.1, 0.15) is 16.0 Å². The largest absolute Gasteiger partial charge is 0.454 e. The minimum atomic E-state index is 0.290. The summed E-state index contributed by atoms with van der Waals surface area (Å²) >= 11 is 1.68. The quantitative estimate of drug-likeness (QED) is 0.534. The lowest BCUT2D eigenvalue weighted by Crippen LogP contribution is -2.08. The first-order chi connectivity index (χ1) is 14.2. The van der Waals surface area contributed by atoms with Crippen LogP contribution >= 0.6 is 11.3 Å². The van der Waals surface area contributed by atoms with Crippen LogP contribution in [0.4, 0.5) is 5.82 Å². The minimum absolute atomic E-state index is 0.290. The number of fused-ring (bicyclic) bond motifs is 2. The number of aromatic nitrogens is 4. The van der Waals surface area contributed by atoms with Crippen molar-refractivity contribution in [1.82, 2.24) is 19.9 Å². The Bertz CT molecular complexity index is 1190. The van der Waals surface area contributed by atoms with E-state index in [1.165, 1.54) is 16.0 Å². The number of hydrogen-bond acceptors (Lipinski definition) is 8. The molecule has 0 unspecified atom stereocenters. The van der Waals surface area contributed by atoms with Crippen molar-refractivity contribution in [3.05, 3.63) is 52.8 Å². The van der Waals surface area contributed by atoms with E-state index in [4.69, 9.17) is 19.4 Å². The van der Waals surface area contributed by atoms with Crippen molar-refractivity contribution in [2.45, 2.75) is 20.3 Å². The maximum Gasteiger partial charge on any atom is 0.231 e. The molecular formula is C21H19N5O2S. The average Bonchev–Trinajstić information content (AvgIpc) is 3.32. The van der Waals surface area contributed by atoms with Crippen molar-refractivity contribution in [2.75, 3.05) is 18.7 Å². The van der Waals surface area contributed by atoms with Gasteiger partial charge in [0.25, 0.3) is 0 Å². The molecule has 4 aromatic rings. The van der Waals surface area contributed by atoms with Gasteiger partial charge >= 0.3 is 0 Å². The zero-order valence-corrected chi connectivity index (χ0v) is 16.9. The Kier molecular flexibility index (Phi) is 4.48. The number of nitrogens with one attached hydrogen (secondary N) is 1. The van der Waals surface area contributed by atoms with Crippen molar-refractivity contribution >= 4 is 27.4 Å². The van der Waals surface area contributed by atoms with Crippen molar-refractivity contribution < 1.29 is 9.47 Å². The zero-order valence-electron chi connectivity index (χ0n) is 16.1. The van der Waals surface area contributed by atoms with Gasteiger partial charge in [0.1, 0.15) is 16.3 Å². The Hall–Kier alpha value is -3.26. The van der Waals surface area contributed by atoms with Crippen LogP contribution in [0.25, 0.3) is 21.7 Å². The van der Waals surface area contributed by atoms with Crippen LogP contribution < -0.4 is 14.8 Å². The monoisotopic (exact) mass is 405 g/mol. The summed E-state index contributed by atoms with van der Waals surface area (Å²) in [5.41, 5.74) is 3.05. The first kappa shape index (κ1) is 17.8. The van der Waals surface area contributed by atoms with E-state index in [-0.39, 0.29) is 6.79 Å². The summed E-state index contributed by atoms with van der Waals surface area (Å²) < 4.78 is 10.9. The van der Waals surface area contributed by atoms with Crippen LogP contribution in [0.5, 0.6) is 11.5 Å². The molecule has 0 spiro atoms. The number of hydrogen-bond donors (Lipinski definition) is 1. The van der Waals surface area contributed by atoms with E-state index in [0.29, 0.717) is 11.5 Å². The number of aryl methyl sites for hydroxylation is 2. The fourth-order valence-corrected chi connectivity index (χ4v) is 4.36. The number of anilines is 1. The van der Waals surface area contributed by atoms with Gasteiger partial charge in [-0.1, -0.05) is 6.07 Å². The van der Waals surface area contributed by atoms with Crippen LogP contribution in [0.2, 0.25) is 0 Å². The number of ether oxygens (including phenoxy) is 2. The van der Waals surface area contributed by atoms with Crippen LogP contribution in [0, 0.1) is 13.8 Å². The van der Waals surface area contributed by atoms with Crippen LogP contribution in [0.3, 0.4) is 0 Å². The van der Waals surface area contributed by atoms with Gasteiger partial charge in [-0.3, -0.25) is 4.98 Å². The second kappa shape index (κ2) is 7.29. The van der Waals surface area contributed by atoms with E-state index in [1.807, 2.05) is 12.1 Å². The number of thiophene rings is 1. The highest BCUT2D eigenvalue weighted by Gasteiger charge is 2.17. The van der Waals surface area contributed by atoms with E-state index in [2.05, 4.69) is 35.2 Å². The molecule has 0 amide bonds. The van der Waals surface area contributed by atoms with Gasteiger partial charge in [0.2, 0.25) is 6.79 Å². The molecule has 4 heterocycles. The molecule has 7 nitrogen and oxygen atoms in total. The Labute approximate surface area is 171 Å². The molecule has 1 aliphatic rings. The van der Waals surface area contributed by atoms with Gasteiger partial charge in [0.05, 0.1) is 11.6 Å². The smallest absolute Gasteiger partial charge is 0.231 e. The van der Waals surface area contributed by atoms with Crippen LogP contribution in [0.15, 0.2) is 36.8 Å². The maximum absolute atomic E-state index is 5.47. The predicted octanol–water partition coefficient (Wildman–Crippen LogP) is 4.15. The molecule has 29 heavy (non-hydrogen) atoms. The lowest BCUT2D eigenvalue weighted by molar-refractivity contribution is 0.174. The Morgan fingerprint density at radius 1 is 1.10 bits per heavy atom. The molecule has 1 aliphatic heterocycles. The summed E-state index contributed by atoms with van der Waals surface area (Å²) in [6.45, 7) is 5.25. The molecule has 0 saturated carbocycles. The third-order valence-electron chi connectivity index (χ3n) is 4.96. The van der Waals surface area contributed by atoms with Gasteiger partial charge in [-0.05, 0) is 43.5 Å². The second-order valence-corrected chi connectivity index (χ2v) is 8.02. The SMILES string of the molecule is Cc1sc2nc(-c3cnccn3)nc(NCCc3ccc4c(c3)OCO4)c2c1C. The molecular weight excluding hydrogens is 386 g/mol. The third kappa shape index (κ3) is 3.36. The number of rotatable bonds is 5. The van der Waals surface area contributed by atoms with Crippen LogP contribution in [-0.2, 0) is 6.42 Å². The topological polar surface area (TPSA) is 82.1 Å². The second-order valence-electron chi connectivity index (χ2n) is 6.81. The molecule has 0 bridgehead atoms. The highest BCUT2D eigenvalue weighted by molar-refractivity contribution is 7.18. The van der Waals surface area contributed by atoms with Gasteiger partial charge in [0, 0.05) is 23.8 Å². The number of nitrogens with zero attached hydrogens (tertiary/aromatic N) is 4. The highest BCUT2D eigenvalue weighted by Crippen LogP contribution is 2.35. The fraction of sp³-hybridized carbons (Fsp3) is 0.238. The summed E-state index contributed by atoms with van der Waals surface area (Å²) in [6.07, 6.45) is 5.82. The zero-order chi connectivity index (χ0) is 19.8. The maximum atomic E-state index is 5.47. The Morgan fingerprint density at radius 2 is 2.00 bits per heavy atom. The summed E-state index contributed by atoms with van der Waals surface area (Å²) in [7, 11) is 0. The molecule has 146 valence electrons. The molecule has 1 N–H and O–H groups in total. The first-order valence-electron chi connectivity index (χ1n) is 9.35. The standard InChI is InChI=1S/C21H19N5O2S/c1-12-13(2)29-21-18(12)20(25-19(26-21)15-10-22-7-8-23-15)24-6-5-14-3-4-16-17(9-14)28-11-27-16/h3-4,7-10H,5-6,11H2,1-2H3,(H,24,25,26). The minimum Gasteiger partial charge on any atom is -0.454 e. The van der Waals surface area contributed by atoms with E-state index in [1.54, 1.807) is 29.9 Å². The molecule has 0 saturated heterocycles.